The molecular formula is C26H30N4O4S. The van der Waals surface area contributed by atoms with Gasteiger partial charge in [-0.1, -0.05) is 30.3 Å². The van der Waals surface area contributed by atoms with Gasteiger partial charge < -0.3 is 19.3 Å². The molecule has 184 valence electrons. The third-order valence-corrected chi connectivity index (χ3v) is 7.62. The smallest absolute Gasteiger partial charge is 0.259 e. The summed E-state index contributed by atoms with van der Waals surface area (Å²) in [5.74, 6) is 0.136. The molecule has 4 heterocycles. The number of amides is 1. The Hall–Kier alpha value is -3.01. The van der Waals surface area contributed by atoms with E-state index in [4.69, 9.17) is 9.72 Å². The van der Waals surface area contributed by atoms with Crippen molar-refractivity contribution in [2.75, 3.05) is 33.3 Å². The molecule has 0 bridgehead atoms. The minimum absolute atomic E-state index is 0.158. The Balaban J connectivity index is 1.37. The molecule has 1 saturated heterocycles. The summed E-state index contributed by atoms with van der Waals surface area (Å²) in [6.07, 6.45) is 1.50. The molecule has 1 unspecified atom stereocenters. The number of piperidine rings is 1. The number of aliphatic hydroxyl groups is 1. The van der Waals surface area contributed by atoms with E-state index in [-0.39, 0.29) is 11.5 Å². The first-order chi connectivity index (χ1) is 17.0. The van der Waals surface area contributed by atoms with Gasteiger partial charge in [0.15, 0.2) is 0 Å². The van der Waals surface area contributed by atoms with Gasteiger partial charge in [-0.05, 0) is 12.8 Å². The molecule has 3 aromatic rings. The minimum Gasteiger partial charge on any atom is -0.496 e. The lowest BCUT2D eigenvalue weighted by molar-refractivity contribution is 0.0469. The Morgan fingerprint density at radius 1 is 1.20 bits per heavy atom. The summed E-state index contributed by atoms with van der Waals surface area (Å²) >= 11 is 1.64. The van der Waals surface area contributed by atoms with Crippen LogP contribution in [0.15, 0.2) is 46.6 Å². The molecule has 5 rings (SSSR count). The second kappa shape index (κ2) is 10.3. The number of nitrogens with zero attached hydrogens (tertiary/aromatic N) is 4. The van der Waals surface area contributed by atoms with Gasteiger partial charge in [-0.15, -0.1) is 11.3 Å². The zero-order valence-electron chi connectivity index (χ0n) is 19.9. The van der Waals surface area contributed by atoms with Crippen LogP contribution in [-0.2, 0) is 19.5 Å². The molecular weight excluding hydrogens is 464 g/mol. The summed E-state index contributed by atoms with van der Waals surface area (Å²) in [6, 6.07) is 11.5. The maximum absolute atomic E-state index is 13.5. The second-order valence-electron chi connectivity index (χ2n) is 9.09. The summed E-state index contributed by atoms with van der Waals surface area (Å²) in [5.41, 5.74) is 3.08. The molecule has 2 aliphatic heterocycles. The Labute approximate surface area is 208 Å². The second-order valence-corrected chi connectivity index (χ2v) is 10.0. The fourth-order valence-corrected chi connectivity index (χ4v) is 5.80. The van der Waals surface area contributed by atoms with Crippen molar-refractivity contribution in [3.63, 3.8) is 0 Å². The highest BCUT2D eigenvalue weighted by atomic mass is 32.1. The molecule has 1 N–H and O–H groups in total. The molecule has 9 heteroatoms. The number of aromatic nitrogens is 2. The average molecular weight is 495 g/mol. The maximum Gasteiger partial charge on any atom is 0.259 e. The third kappa shape index (κ3) is 5.03. The lowest BCUT2D eigenvalue weighted by Crippen LogP contribution is -2.43. The molecule has 0 aliphatic carbocycles. The first kappa shape index (κ1) is 23.7. The number of benzene rings is 1. The van der Waals surface area contributed by atoms with Gasteiger partial charge in [-0.2, -0.15) is 0 Å². The van der Waals surface area contributed by atoms with Crippen LogP contribution in [0.1, 0.15) is 33.9 Å². The van der Waals surface area contributed by atoms with Gasteiger partial charge in [0.2, 0.25) is 0 Å². The largest absolute Gasteiger partial charge is 0.496 e. The van der Waals surface area contributed by atoms with Crippen molar-refractivity contribution < 1.29 is 14.6 Å². The first-order valence-electron chi connectivity index (χ1n) is 12.0. The van der Waals surface area contributed by atoms with Crippen molar-refractivity contribution in [3.05, 3.63) is 68.4 Å². The number of carbonyl (C=O) groups excluding carboxylic acids is 1. The molecule has 1 amide bonds. The predicted octanol–water partition coefficient (Wildman–Crippen LogP) is 2.64. The number of ether oxygens (including phenoxy) is 1. The van der Waals surface area contributed by atoms with Crippen molar-refractivity contribution in [2.45, 2.75) is 38.5 Å². The van der Waals surface area contributed by atoms with Crippen LogP contribution in [0.25, 0.3) is 11.3 Å². The van der Waals surface area contributed by atoms with Gasteiger partial charge in [0.1, 0.15) is 16.3 Å². The quantitative estimate of drug-likeness (QED) is 0.587. The highest BCUT2D eigenvalue weighted by Crippen LogP contribution is 2.27. The average Bonchev–Trinajstić information content (AvgIpc) is 3.24. The number of hydrogen-bond acceptors (Lipinski definition) is 7. The van der Waals surface area contributed by atoms with E-state index in [1.54, 1.807) is 20.8 Å². The van der Waals surface area contributed by atoms with Crippen LogP contribution >= 0.6 is 11.3 Å². The van der Waals surface area contributed by atoms with Crippen molar-refractivity contribution >= 4 is 17.2 Å². The number of aliphatic hydroxyl groups excluding tert-OH is 1. The molecule has 0 saturated carbocycles. The van der Waals surface area contributed by atoms with E-state index in [1.807, 2.05) is 18.2 Å². The predicted molar refractivity (Wildman–Crippen MR) is 135 cm³/mol. The summed E-state index contributed by atoms with van der Waals surface area (Å²) in [7, 11) is 1.49. The minimum atomic E-state index is -0.515. The zero-order chi connectivity index (χ0) is 24.4. The van der Waals surface area contributed by atoms with Crippen LogP contribution in [-0.4, -0.2) is 69.8 Å². The van der Waals surface area contributed by atoms with E-state index in [0.29, 0.717) is 69.1 Å². The molecule has 2 aliphatic rings. The number of methoxy groups -OCH3 is 1. The van der Waals surface area contributed by atoms with Crippen LogP contribution < -0.4 is 10.3 Å². The van der Waals surface area contributed by atoms with E-state index in [9.17, 15) is 14.7 Å². The van der Waals surface area contributed by atoms with Crippen molar-refractivity contribution in [2.24, 2.45) is 0 Å². The highest BCUT2D eigenvalue weighted by molar-refractivity contribution is 7.09. The molecule has 35 heavy (non-hydrogen) atoms. The number of hydrogen-bond donors (Lipinski definition) is 1. The number of likely N-dealkylation sites (tertiary alicyclic amines) is 1. The monoisotopic (exact) mass is 494 g/mol. The maximum atomic E-state index is 13.5. The number of rotatable bonds is 5. The Kier molecular flexibility index (Phi) is 6.99. The summed E-state index contributed by atoms with van der Waals surface area (Å²) in [4.78, 5) is 35.2. The van der Waals surface area contributed by atoms with Gasteiger partial charge >= 0.3 is 0 Å². The summed E-state index contributed by atoms with van der Waals surface area (Å²) in [6.45, 7) is 3.49. The molecule has 0 spiro atoms. The van der Waals surface area contributed by atoms with E-state index >= 15 is 0 Å². The topological polar surface area (TPSA) is 87.9 Å². The third-order valence-electron chi connectivity index (χ3n) is 6.78. The van der Waals surface area contributed by atoms with Crippen LogP contribution in [0.2, 0.25) is 0 Å². The number of pyridine rings is 1. The van der Waals surface area contributed by atoms with Crippen LogP contribution in [0.4, 0.5) is 0 Å². The van der Waals surface area contributed by atoms with Gasteiger partial charge in [0.05, 0.1) is 25.5 Å². The summed E-state index contributed by atoms with van der Waals surface area (Å²) in [5, 5.41) is 13.2. The van der Waals surface area contributed by atoms with E-state index in [0.717, 1.165) is 22.7 Å². The van der Waals surface area contributed by atoms with Crippen LogP contribution in [0.3, 0.4) is 0 Å². The zero-order valence-corrected chi connectivity index (χ0v) is 20.7. The first-order valence-corrected chi connectivity index (χ1v) is 12.9. The van der Waals surface area contributed by atoms with E-state index < -0.39 is 6.10 Å². The number of carbonyl (C=O) groups is 1. The van der Waals surface area contributed by atoms with Gasteiger partial charge in [0.25, 0.3) is 11.5 Å². The fraction of sp³-hybridized carbons (Fsp3) is 0.423. The van der Waals surface area contributed by atoms with Gasteiger partial charge in [0, 0.05) is 61.8 Å². The lowest BCUT2D eigenvalue weighted by Gasteiger charge is -2.31. The molecule has 0 radical (unpaired) electrons. The standard InChI is InChI=1S/C26H30N4O4S/c1-34-22-14-24(32)30-13-12-28(16-23-27-20(17-35-23)18-6-3-2-4-7-18)11-9-21(30)25(22)26(33)29-10-5-8-19(31)15-29/h2-4,6-7,14,17,19,31H,5,8-13,15-16H2,1H3. The van der Waals surface area contributed by atoms with Gasteiger partial charge in [-0.25, -0.2) is 4.98 Å². The lowest BCUT2D eigenvalue weighted by atomic mass is 10.0. The molecule has 1 aromatic carbocycles. The number of fused-ring (bicyclic) bond motifs is 1. The fourth-order valence-electron chi connectivity index (χ4n) is 4.96. The Morgan fingerprint density at radius 3 is 2.80 bits per heavy atom. The highest BCUT2D eigenvalue weighted by Gasteiger charge is 2.30. The molecule has 2 aromatic heterocycles. The van der Waals surface area contributed by atoms with Crippen LogP contribution in [0.5, 0.6) is 5.75 Å². The summed E-state index contributed by atoms with van der Waals surface area (Å²) < 4.78 is 7.21. The van der Waals surface area contributed by atoms with E-state index in [2.05, 4.69) is 22.4 Å². The van der Waals surface area contributed by atoms with Crippen molar-refractivity contribution in [1.29, 1.82) is 0 Å². The van der Waals surface area contributed by atoms with Crippen LogP contribution in [0, 0.1) is 0 Å². The van der Waals surface area contributed by atoms with Crippen molar-refractivity contribution in [3.8, 4) is 17.0 Å². The Bertz CT molecular complexity index is 1260. The number of thiazole rings is 1. The van der Waals surface area contributed by atoms with E-state index in [1.165, 1.54) is 13.2 Å². The SMILES string of the molecule is COc1cc(=O)n2c(c1C(=O)N1CCCC(O)C1)CCN(Cc1nc(-c3ccccc3)cs1)CC2. The molecule has 1 atom stereocenters. The normalized spacial score (nSPS) is 18.7. The Morgan fingerprint density at radius 2 is 2.03 bits per heavy atom. The number of β-amino-alcohol motifs (C(OH)–C–C–N with tert-alkyl or cyclic N) is 1. The van der Waals surface area contributed by atoms with Gasteiger partial charge in [-0.3, -0.25) is 14.5 Å². The molecule has 8 nitrogen and oxygen atoms in total. The molecule has 1 fully saturated rings. The van der Waals surface area contributed by atoms with Crippen molar-refractivity contribution in [1.82, 2.24) is 19.4 Å².